The highest BCUT2D eigenvalue weighted by Gasteiger charge is 2.29. The van der Waals surface area contributed by atoms with Crippen LogP contribution in [0, 0.1) is 12.8 Å². The van der Waals surface area contributed by atoms with E-state index < -0.39 is 6.09 Å². The molecule has 1 amide bonds. The molecule has 0 bridgehead atoms. The summed E-state index contributed by atoms with van der Waals surface area (Å²) in [7, 11) is 1.42. The van der Waals surface area contributed by atoms with Gasteiger partial charge in [-0.15, -0.1) is 11.3 Å². The summed E-state index contributed by atoms with van der Waals surface area (Å²) >= 11 is 7.63. The molecule has 1 saturated carbocycles. The van der Waals surface area contributed by atoms with Crippen LogP contribution < -0.4 is 10.1 Å². The van der Waals surface area contributed by atoms with E-state index in [2.05, 4.69) is 5.32 Å². The van der Waals surface area contributed by atoms with E-state index >= 15 is 0 Å². The molecule has 0 radical (unpaired) electrons. The zero-order valence-corrected chi connectivity index (χ0v) is 20.2. The SMILES string of the molecule is CCCNC(=O)OCc1cc(Cl)sc1-c1ccc(O[C@H]2CCC[C@H](C(=O)OC)C2)c(C)n1. The van der Waals surface area contributed by atoms with Crippen molar-refractivity contribution < 1.29 is 23.8 Å². The van der Waals surface area contributed by atoms with Crippen molar-refractivity contribution in [3.8, 4) is 16.3 Å². The van der Waals surface area contributed by atoms with Crippen molar-refractivity contribution in [2.45, 2.75) is 58.7 Å². The minimum atomic E-state index is -0.453. The maximum atomic E-state index is 11.9. The van der Waals surface area contributed by atoms with Gasteiger partial charge in [0.25, 0.3) is 0 Å². The predicted octanol–water partition coefficient (Wildman–Crippen LogP) is 5.52. The van der Waals surface area contributed by atoms with Crippen LogP contribution in [0.4, 0.5) is 4.79 Å². The molecule has 2 heterocycles. The van der Waals surface area contributed by atoms with Gasteiger partial charge in [-0.05, 0) is 57.2 Å². The van der Waals surface area contributed by atoms with Gasteiger partial charge >= 0.3 is 12.1 Å². The van der Waals surface area contributed by atoms with Crippen LogP contribution in [-0.2, 0) is 20.9 Å². The third-order valence-electron chi connectivity index (χ3n) is 5.38. The molecular formula is C23H29ClN2O5S. The number of nitrogens with one attached hydrogen (secondary N) is 1. The Morgan fingerprint density at radius 1 is 1.31 bits per heavy atom. The summed E-state index contributed by atoms with van der Waals surface area (Å²) in [4.78, 5) is 29.2. The zero-order chi connectivity index (χ0) is 23.1. The molecule has 2 atom stereocenters. The Morgan fingerprint density at radius 2 is 2.12 bits per heavy atom. The number of alkyl carbamates (subject to hydrolysis) is 1. The van der Waals surface area contributed by atoms with E-state index in [0.29, 0.717) is 23.1 Å². The lowest BCUT2D eigenvalue weighted by Crippen LogP contribution is -2.30. The fourth-order valence-corrected chi connectivity index (χ4v) is 4.98. The number of halogens is 1. The summed E-state index contributed by atoms with van der Waals surface area (Å²) in [6, 6.07) is 5.57. The van der Waals surface area contributed by atoms with Gasteiger partial charge in [0.15, 0.2) is 0 Å². The van der Waals surface area contributed by atoms with Gasteiger partial charge in [-0.1, -0.05) is 18.5 Å². The molecule has 0 unspecified atom stereocenters. The van der Waals surface area contributed by atoms with Crippen LogP contribution in [0.5, 0.6) is 5.75 Å². The lowest BCUT2D eigenvalue weighted by Gasteiger charge is -2.28. The molecule has 0 spiro atoms. The average Bonchev–Trinajstić information content (AvgIpc) is 3.17. The maximum absolute atomic E-state index is 11.9. The Hall–Kier alpha value is -2.32. The summed E-state index contributed by atoms with van der Waals surface area (Å²) < 4.78 is 17.0. The summed E-state index contributed by atoms with van der Waals surface area (Å²) in [5.74, 6) is 0.413. The third kappa shape index (κ3) is 6.36. The van der Waals surface area contributed by atoms with Crippen molar-refractivity contribution >= 4 is 35.0 Å². The number of ether oxygens (including phenoxy) is 3. The lowest BCUT2D eigenvalue weighted by atomic mass is 9.87. The Bertz CT molecular complexity index is 948. The van der Waals surface area contributed by atoms with Crippen LogP contribution in [0.25, 0.3) is 10.6 Å². The molecule has 32 heavy (non-hydrogen) atoms. The Balaban J connectivity index is 1.69. The number of rotatable bonds is 8. The van der Waals surface area contributed by atoms with E-state index in [1.54, 1.807) is 6.07 Å². The maximum Gasteiger partial charge on any atom is 0.407 e. The highest BCUT2D eigenvalue weighted by Crippen LogP contribution is 2.37. The number of carbonyl (C=O) groups is 2. The summed E-state index contributed by atoms with van der Waals surface area (Å²) in [6.45, 7) is 4.55. The molecule has 0 aliphatic heterocycles. The minimum Gasteiger partial charge on any atom is -0.489 e. The fraction of sp³-hybridized carbons (Fsp3) is 0.522. The molecule has 174 valence electrons. The Kier molecular flexibility index (Phi) is 8.75. The summed E-state index contributed by atoms with van der Waals surface area (Å²) in [5, 5.41) is 2.69. The normalized spacial score (nSPS) is 18.1. The number of methoxy groups -OCH3 is 1. The van der Waals surface area contributed by atoms with Gasteiger partial charge in [0, 0.05) is 12.1 Å². The van der Waals surface area contributed by atoms with E-state index in [4.69, 9.17) is 30.8 Å². The fourth-order valence-electron chi connectivity index (χ4n) is 3.75. The first-order valence-corrected chi connectivity index (χ1v) is 12.0. The number of amides is 1. The summed E-state index contributed by atoms with van der Waals surface area (Å²) in [6.07, 6.45) is 3.66. The van der Waals surface area contributed by atoms with E-state index in [9.17, 15) is 9.59 Å². The van der Waals surface area contributed by atoms with Crippen molar-refractivity contribution in [3.63, 3.8) is 0 Å². The second-order valence-corrected chi connectivity index (χ2v) is 9.50. The van der Waals surface area contributed by atoms with Gasteiger partial charge in [0.2, 0.25) is 0 Å². The molecule has 1 fully saturated rings. The number of nitrogens with zero attached hydrogens (tertiary/aromatic N) is 1. The van der Waals surface area contributed by atoms with Gasteiger partial charge in [-0.2, -0.15) is 0 Å². The number of hydrogen-bond acceptors (Lipinski definition) is 7. The Morgan fingerprint density at radius 3 is 2.84 bits per heavy atom. The second-order valence-electron chi connectivity index (χ2n) is 7.81. The average molecular weight is 481 g/mol. The van der Waals surface area contributed by atoms with Crippen molar-refractivity contribution in [1.82, 2.24) is 10.3 Å². The molecule has 7 nitrogen and oxygen atoms in total. The van der Waals surface area contributed by atoms with Gasteiger partial charge < -0.3 is 19.5 Å². The number of esters is 1. The highest BCUT2D eigenvalue weighted by atomic mass is 35.5. The number of pyridine rings is 1. The van der Waals surface area contributed by atoms with Crippen molar-refractivity contribution in [3.05, 3.63) is 33.8 Å². The number of aromatic nitrogens is 1. The third-order valence-corrected chi connectivity index (χ3v) is 6.71. The standard InChI is InChI=1S/C23H29ClN2O5S/c1-4-10-25-23(28)30-13-16-12-20(24)32-21(16)18-8-9-19(14(2)26-18)31-17-7-5-6-15(11-17)22(27)29-3/h8-9,12,15,17H,4-7,10-11,13H2,1-3H3,(H,25,28)/t15-,17-/m0/s1. The molecule has 2 aromatic heterocycles. The van der Waals surface area contributed by atoms with Crippen LogP contribution >= 0.6 is 22.9 Å². The molecule has 1 aliphatic rings. The van der Waals surface area contributed by atoms with Crippen molar-refractivity contribution in [2.24, 2.45) is 5.92 Å². The molecule has 1 N–H and O–H groups in total. The molecule has 3 rings (SSSR count). The smallest absolute Gasteiger partial charge is 0.407 e. The highest BCUT2D eigenvalue weighted by molar-refractivity contribution is 7.19. The lowest BCUT2D eigenvalue weighted by molar-refractivity contribution is -0.147. The van der Waals surface area contributed by atoms with Gasteiger partial charge in [0.05, 0.1) is 39.7 Å². The van der Waals surface area contributed by atoms with E-state index in [1.807, 2.05) is 26.0 Å². The number of thiophene rings is 1. The molecule has 0 aromatic carbocycles. The number of hydrogen-bond donors (Lipinski definition) is 1. The quantitative estimate of drug-likeness (QED) is 0.500. The monoisotopic (exact) mass is 480 g/mol. The molecule has 1 aliphatic carbocycles. The van der Waals surface area contributed by atoms with E-state index in [-0.39, 0.29) is 24.6 Å². The summed E-state index contributed by atoms with van der Waals surface area (Å²) in [5.41, 5.74) is 2.30. The topological polar surface area (TPSA) is 86.8 Å². The first kappa shape index (κ1) is 24.3. The van der Waals surface area contributed by atoms with Gasteiger partial charge in [-0.25, -0.2) is 9.78 Å². The van der Waals surface area contributed by atoms with E-state index in [0.717, 1.165) is 47.5 Å². The largest absolute Gasteiger partial charge is 0.489 e. The molecule has 9 heteroatoms. The van der Waals surface area contributed by atoms with Crippen molar-refractivity contribution in [2.75, 3.05) is 13.7 Å². The van der Waals surface area contributed by atoms with Crippen LogP contribution in [0.3, 0.4) is 0 Å². The Labute approximate surface area is 197 Å². The molecular weight excluding hydrogens is 452 g/mol. The van der Waals surface area contributed by atoms with E-state index in [1.165, 1.54) is 18.4 Å². The van der Waals surface area contributed by atoms with Gasteiger partial charge in [-0.3, -0.25) is 4.79 Å². The molecule has 0 saturated heterocycles. The first-order chi connectivity index (χ1) is 15.4. The number of carbonyl (C=O) groups excluding carboxylic acids is 2. The second kappa shape index (κ2) is 11.5. The predicted molar refractivity (Wildman–Crippen MR) is 124 cm³/mol. The van der Waals surface area contributed by atoms with Crippen LogP contribution in [0.2, 0.25) is 4.34 Å². The van der Waals surface area contributed by atoms with Crippen LogP contribution in [0.15, 0.2) is 18.2 Å². The van der Waals surface area contributed by atoms with Crippen molar-refractivity contribution in [1.29, 1.82) is 0 Å². The van der Waals surface area contributed by atoms with Crippen LogP contribution in [0.1, 0.15) is 50.3 Å². The number of aryl methyl sites for hydroxylation is 1. The van der Waals surface area contributed by atoms with Gasteiger partial charge in [0.1, 0.15) is 12.4 Å². The molecule has 2 aromatic rings. The first-order valence-electron chi connectivity index (χ1n) is 10.8. The van der Waals surface area contributed by atoms with Crippen LogP contribution in [-0.4, -0.2) is 36.8 Å². The zero-order valence-electron chi connectivity index (χ0n) is 18.6. The minimum absolute atomic E-state index is 0.0408.